The number of fused-ring (bicyclic) bond motifs is 1. The molecule has 1 aliphatic carbocycles. The Balaban J connectivity index is 0.00000400. The zero-order valence-electron chi connectivity index (χ0n) is 26.5. The van der Waals surface area contributed by atoms with Gasteiger partial charge in [0.05, 0.1) is 30.2 Å². The Labute approximate surface area is 304 Å². The standard InChI is InChI=1S/C34H39N5O5.K/c1-4-7-29-28(20-22-10-12-23(13-11-22)26-8-5-6-9-27(26)31-36-33(41)44-37-31)32(40)38(30-18-19-35-39(29)30)24-14-16-25(17-15-24)43-21-34(2,3)42;/h5-6,8-13,18-19,24-25,42H,4,7,14-17,20-21H2,1-3H3,(H,36,37,41);. The number of nitrogens with one attached hydrogen (secondary N) is 1. The Bertz CT molecular complexity index is 1860. The molecule has 0 atom stereocenters. The summed E-state index contributed by atoms with van der Waals surface area (Å²) in [7, 11) is 0. The van der Waals surface area contributed by atoms with Gasteiger partial charge in [-0.15, -0.1) is 0 Å². The summed E-state index contributed by atoms with van der Waals surface area (Å²) in [5.74, 6) is -0.218. The van der Waals surface area contributed by atoms with Gasteiger partial charge in [0, 0.05) is 81.0 Å². The third kappa shape index (κ3) is 7.51. The second-order valence-corrected chi connectivity index (χ2v) is 12.4. The summed E-state index contributed by atoms with van der Waals surface area (Å²) in [6, 6.07) is 17.9. The molecule has 6 rings (SSSR count). The molecule has 1 saturated carbocycles. The van der Waals surface area contributed by atoms with E-state index in [-0.39, 0.29) is 69.1 Å². The summed E-state index contributed by atoms with van der Waals surface area (Å²) in [5.41, 5.74) is 5.43. The first kappa shape index (κ1) is 33.7. The number of nitrogens with zero attached hydrogens (tertiary/aromatic N) is 4. The second kappa shape index (κ2) is 14.4. The minimum atomic E-state index is -0.861. The molecule has 1 aliphatic rings. The number of aromatic nitrogens is 5. The van der Waals surface area contributed by atoms with E-state index in [1.807, 2.05) is 51.5 Å². The average molecular weight is 637 g/mol. The predicted octanol–water partition coefficient (Wildman–Crippen LogP) is 4.94. The minimum absolute atomic E-state index is 0. The third-order valence-corrected chi connectivity index (χ3v) is 8.39. The van der Waals surface area contributed by atoms with Crippen molar-refractivity contribution in [2.45, 2.75) is 83.5 Å². The fourth-order valence-electron chi connectivity index (χ4n) is 6.30. The number of benzene rings is 2. The van der Waals surface area contributed by atoms with Gasteiger partial charge in [-0.1, -0.05) is 67.0 Å². The van der Waals surface area contributed by atoms with Crippen molar-refractivity contribution in [3.63, 3.8) is 0 Å². The summed E-state index contributed by atoms with van der Waals surface area (Å²) in [6.45, 7) is 5.92. The van der Waals surface area contributed by atoms with E-state index in [0.29, 0.717) is 18.9 Å². The fourth-order valence-corrected chi connectivity index (χ4v) is 6.30. The first-order valence-corrected chi connectivity index (χ1v) is 15.4. The minimum Gasteiger partial charge on any atom is -0.388 e. The summed E-state index contributed by atoms with van der Waals surface area (Å²) in [5, 5.41) is 18.6. The smallest absolute Gasteiger partial charge is 0.388 e. The van der Waals surface area contributed by atoms with Gasteiger partial charge in [-0.2, -0.15) is 5.10 Å². The topological polar surface area (TPSA) is 128 Å². The van der Waals surface area contributed by atoms with Crippen molar-refractivity contribution in [3.05, 3.63) is 98.5 Å². The molecule has 2 aromatic carbocycles. The van der Waals surface area contributed by atoms with Gasteiger partial charge in [0.1, 0.15) is 5.65 Å². The Kier molecular flexibility index (Phi) is 10.8. The number of aromatic amines is 1. The van der Waals surface area contributed by atoms with E-state index >= 15 is 0 Å². The number of ether oxygens (including phenoxy) is 1. The van der Waals surface area contributed by atoms with Crippen molar-refractivity contribution in [2.24, 2.45) is 0 Å². The van der Waals surface area contributed by atoms with Crippen LogP contribution in [0, 0.1) is 0 Å². The van der Waals surface area contributed by atoms with Gasteiger partial charge in [0.15, 0.2) is 5.82 Å². The van der Waals surface area contributed by atoms with E-state index < -0.39 is 11.4 Å². The maximum Gasteiger partial charge on any atom is 0.439 e. The quantitative estimate of drug-likeness (QED) is 0.208. The zero-order valence-corrected chi connectivity index (χ0v) is 29.6. The number of aliphatic hydroxyl groups is 1. The van der Waals surface area contributed by atoms with Crippen molar-refractivity contribution < 1.29 is 14.4 Å². The van der Waals surface area contributed by atoms with Crippen LogP contribution in [0.1, 0.15) is 75.7 Å². The molecule has 0 saturated heterocycles. The van der Waals surface area contributed by atoms with E-state index in [2.05, 4.69) is 34.3 Å². The molecule has 0 spiro atoms. The number of hydrogen-bond donors (Lipinski definition) is 2. The van der Waals surface area contributed by atoms with Gasteiger partial charge < -0.3 is 9.84 Å². The Morgan fingerprint density at radius 1 is 1.02 bits per heavy atom. The van der Waals surface area contributed by atoms with Crippen LogP contribution >= 0.6 is 0 Å². The monoisotopic (exact) mass is 636 g/mol. The van der Waals surface area contributed by atoms with Crippen LogP contribution in [0.25, 0.3) is 28.2 Å². The SMILES string of the molecule is CCCc1c(Cc2ccc(-c3ccccc3-c3noc(=O)[nH]3)cc2)c(=O)n(C2CCC(OCC(C)(C)O)CC2)c2ccnn12.[K]. The normalized spacial score (nSPS) is 17.0. The van der Waals surface area contributed by atoms with Crippen molar-refractivity contribution in [1.29, 1.82) is 0 Å². The van der Waals surface area contributed by atoms with Crippen LogP contribution in [-0.2, 0) is 17.6 Å². The van der Waals surface area contributed by atoms with E-state index in [4.69, 9.17) is 9.26 Å². The molecule has 1 fully saturated rings. The first-order valence-electron chi connectivity index (χ1n) is 15.4. The van der Waals surface area contributed by atoms with Gasteiger partial charge >= 0.3 is 5.76 Å². The largest absolute Gasteiger partial charge is 0.439 e. The van der Waals surface area contributed by atoms with Crippen LogP contribution in [0.4, 0.5) is 0 Å². The Morgan fingerprint density at radius 2 is 1.73 bits per heavy atom. The summed E-state index contributed by atoms with van der Waals surface area (Å²) in [4.78, 5) is 28.5. The molecule has 1 radical (unpaired) electrons. The van der Waals surface area contributed by atoms with Crippen LogP contribution < -0.4 is 11.3 Å². The van der Waals surface area contributed by atoms with Crippen molar-refractivity contribution in [3.8, 4) is 22.5 Å². The van der Waals surface area contributed by atoms with E-state index in [1.165, 1.54) is 0 Å². The van der Waals surface area contributed by atoms with Crippen LogP contribution in [0.3, 0.4) is 0 Å². The summed E-state index contributed by atoms with van der Waals surface area (Å²) >= 11 is 0. The van der Waals surface area contributed by atoms with Crippen LogP contribution in [0.5, 0.6) is 0 Å². The molecule has 45 heavy (non-hydrogen) atoms. The summed E-state index contributed by atoms with van der Waals surface area (Å²) in [6.07, 6.45) is 7.34. The maximum absolute atomic E-state index is 14.3. The van der Waals surface area contributed by atoms with Gasteiger partial charge in [0.2, 0.25) is 0 Å². The summed E-state index contributed by atoms with van der Waals surface area (Å²) < 4.78 is 14.6. The molecule has 0 aliphatic heterocycles. The zero-order chi connectivity index (χ0) is 30.8. The van der Waals surface area contributed by atoms with Gasteiger partial charge in [-0.05, 0) is 62.6 Å². The Morgan fingerprint density at radius 3 is 2.38 bits per heavy atom. The van der Waals surface area contributed by atoms with Crippen LogP contribution in [-0.4, -0.2) is 99.1 Å². The Hall–Kier alpha value is -2.64. The predicted molar refractivity (Wildman–Crippen MR) is 174 cm³/mol. The number of aryl methyl sites for hydroxylation is 1. The van der Waals surface area contributed by atoms with Gasteiger partial charge in [-0.3, -0.25) is 18.9 Å². The molecule has 3 aromatic heterocycles. The maximum atomic E-state index is 14.3. The van der Waals surface area contributed by atoms with Gasteiger partial charge in [-0.25, -0.2) is 9.31 Å². The average Bonchev–Trinajstić information content (AvgIpc) is 3.68. The molecule has 5 aromatic rings. The molecule has 10 nitrogen and oxygen atoms in total. The molecular weight excluding hydrogens is 598 g/mol. The van der Waals surface area contributed by atoms with E-state index in [0.717, 1.165) is 77.7 Å². The second-order valence-electron chi connectivity index (χ2n) is 12.4. The van der Waals surface area contributed by atoms with Gasteiger partial charge in [0.25, 0.3) is 5.56 Å². The molecule has 0 amide bonds. The van der Waals surface area contributed by atoms with Crippen molar-refractivity contribution in [1.82, 2.24) is 24.3 Å². The molecule has 231 valence electrons. The van der Waals surface area contributed by atoms with E-state index in [9.17, 15) is 14.7 Å². The first-order chi connectivity index (χ1) is 21.2. The molecule has 3 heterocycles. The molecular formula is C34H39KN5O5. The molecule has 0 unspecified atom stereocenters. The van der Waals surface area contributed by atoms with Crippen molar-refractivity contribution in [2.75, 3.05) is 6.61 Å². The number of rotatable bonds is 10. The number of H-pyrrole nitrogens is 1. The van der Waals surface area contributed by atoms with Crippen LogP contribution in [0.15, 0.2) is 74.9 Å². The molecule has 11 heteroatoms. The van der Waals surface area contributed by atoms with E-state index in [1.54, 1.807) is 20.0 Å². The fraction of sp³-hybridized carbons (Fsp3) is 0.412. The molecule has 0 bridgehead atoms. The molecule has 2 N–H and O–H groups in total. The third-order valence-electron chi connectivity index (χ3n) is 8.39. The number of hydrogen-bond acceptors (Lipinski definition) is 7. The van der Waals surface area contributed by atoms with Crippen LogP contribution in [0.2, 0.25) is 0 Å². The van der Waals surface area contributed by atoms with Crippen molar-refractivity contribution >= 4 is 57.0 Å².